The molecule has 0 saturated carbocycles. The summed E-state index contributed by atoms with van der Waals surface area (Å²) >= 11 is 0. The summed E-state index contributed by atoms with van der Waals surface area (Å²) in [6, 6.07) is 5.66. The van der Waals surface area contributed by atoms with Crippen LogP contribution in [0.15, 0.2) is 45.6 Å². The van der Waals surface area contributed by atoms with Gasteiger partial charge < -0.3 is 18.8 Å². The number of furan rings is 1. The lowest BCUT2D eigenvalue weighted by atomic mass is 9.69. The molecule has 0 bridgehead atoms. The standard InChI is InChI=1S/C25H31NO4/c1-6-26(7-2)12-13-29-17-9-10-18-20(14-17)25(3,4)24-22(23(18)27)19-11-8-16(28-5)15-21(19)30-24/h8,11,14-15H,6-7,9-10,12-13H2,1-5H3. The molecular weight excluding hydrogens is 378 g/mol. The molecule has 160 valence electrons. The number of hydrogen-bond acceptors (Lipinski definition) is 5. The summed E-state index contributed by atoms with van der Waals surface area (Å²) in [6.45, 7) is 12.2. The molecule has 4 rings (SSSR count). The second-order valence-electron chi connectivity index (χ2n) is 8.50. The zero-order chi connectivity index (χ0) is 21.5. The van der Waals surface area contributed by atoms with Gasteiger partial charge in [-0.15, -0.1) is 0 Å². The minimum absolute atomic E-state index is 0.0849. The number of ketones is 1. The molecule has 0 aliphatic heterocycles. The summed E-state index contributed by atoms with van der Waals surface area (Å²) in [5.41, 5.74) is 2.91. The highest BCUT2D eigenvalue weighted by atomic mass is 16.5. The first-order valence-corrected chi connectivity index (χ1v) is 10.9. The fourth-order valence-corrected chi connectivity index (χ4v) is 4.60. The number of rotatable bonds is 7. The number of nitrogens with zero attached hydrogens (tertiary/aromatic N) is 1. The number of likely N-dealkylation sites (N-methyl/N-ethyl adjacent to an activating group) is 1. The molecule has 0 amide bonds. The second-order valence-corrected chi connectivity index (χ2v) is 8.50. The molecule has 1 aromatic heterocycles. The second kappa shape index (κ2) is 7.95. The Labute approximate surface area is 178 Å². The fourth-order valence-electron chi connectivity index (χ4n) is 4.60. The van der Waals surface area contributed by atoms with Gasteiger partial charge in [-0.1, -0.05) is 13.8 Å². The molecule has 0 radical (unpaired) electrons. The van der Waals surface area contributed by atoms with E-state index in [9.17, 15) is 4.79 Å². The number of ether oxygens (including phenoxy) is 2. The van der Waals surface area contributed by atoms with Crippen LogP contribution >= 0.6 is 0 Å². The average molecular weight is 410 g/mol. The minimum atomic E-state index is -0.404. The number of carbonyl (C=O) groups is 1. The molecule has 0 fully saturated rings. The van der Waals surface area contributed by atoms with E-state index < -0.39 is 5.41 Å². The third-order valence-electron chi connectivity index (χ3n) is 6.48. The Hall–Kier alpha value is -2.53. The van der Waals surface area contributed by atoms with Crippen LogP contribution in [0, 0.1) is 0 Å². The predicted molar refractivity (Wildman–Crippen MR) is 118 cm³/mol. The first kappa shape index (κ1) is 20.7. The van der Waals surface area contributed by atoms with Crippen LogP contribution in [0.1, 0.15) is 56.7 Å². The highest BCUT2D eigenvalue weighted by Gasteiger charge is 2.43. The normalized spacial score (nSPS) is 17.8. The maximum atomic E-state index is 13.4. The number of methoxy groups -OCH3 is 1. The summed E-state index contributed by atoms with van der Waals surface area (Å²) < 4.78 is 17.7. The van der Waals surface area contributed by atoms with Gasteiger partial charge in [-0.3, -0.25) is 4.79 Å². The molecule has 2 aliphatic rings. The van der Waals surface area contributed by atoms with Crippen molar-refractivity contribution in [2.45, 2.75) is 46.0 Å². The monoisotopic (exact) mass is 409 g/mol. The van der Waals surface area contributed by atoms with Crippen molar-refractivity contribution in [3.05, 3.63) is 52.5 Å². The Balaban J connectivity index is 1.67. The highest BCUT2D eigenvalue weighted by molar-refractivity contribution is 6.19. The Kier molecular flexibility index (Phi) is 5.49. The number of allylic oxidation sites excluding steroid dienone is 4. The van der Waals surface area contributed by atoms with E-state index in [0.717, 1.165) is 59.9 Å². The average Bonchev–Trinajstić information content (AvgIpc) is 3.15. The van der Waals surface area contributed by atoms with Crippen LogP contribution in [0.4, 0.5) is 0 Å². The van der Waals surface area contributed by atoms with Crippen LogP contribution in [0.2, 0.25) is 0 Å². The Bertz CT molecular complexity index is 1040. The van der Waals surface area contributed by atoms with Gasteiger partial charge in [0, 0.05) is 35.4 Å². The minimum Gasteiger partial charge on any atom is -0.497 e. The lowest BCUT2D eigenvalue weighted by molar-refractivity contribution is 0.101. The molecule has 0 spiro atoms. The van der Waals surface area contributed by atoms with Crippen LogP contribution < -0.4 is 4.74 Å². The zero-order valence-corrected chi connectivity index (χ0v) is 18.6. The van der Waals surface area contributed by atoms with Gasteiger partial charge in [0.2, 0.25) is 0 Å². The summed E-state index contributed by atoms with van der Waals surface area (Å²) in [5, 5.41) is 0.862. The van der Waals surface area contributed by atoms with Gasteiger partial charge in [0.15, 0.2) is 5.78 Å². The van der Waals surface area contributed by atoms with Crippen LogP contribution in [0.5, 0.6) is 5.75 Å². The van der Waals surface area contributed by atoms with E-state index in [1.807, 2.05) is 18.2 Å². The molecule has 30 heavy (non-hydrogen) atoms. The molecule has 5 nitrogen and oxygen atoms in total. The Morgan fingerprint density at radius 2 is 1.93 bits per heavy atom. The fraction of sp³-hybridized carbons (Fsp3) is 0.480. The first-order valence-electron chi connectivity index (χ1n) is 10.9. The number of carbonyl (C=O) groups excluding carboxylic acids is 1. The molecule has 0 unspecified atom stereocenters. The van der Waals surface area contributed by atoms with Crippen molar-refractivity contribution in [1.82, 2.24) is 4.90 Å². The summed E-state index contributed by atoms with van der Waals surface area (Å²) in [7, 11) is 1.63. The van der Waals surface area contributed by atoms with Gasteiger partial charge in [0.05, 0.1) is 18.4 Å². The van der Waals surface area contributed by atoms with Gasteiger partial charge in [0.1, 0.15) is 23.7 Å². The van der Waals surface area contributed by atoms with E-state index in [2.05, 4.69) is 38.7 Å². The summed E-state index contributed by atoms with van der Waals surface area (Å²) in [5.74, 6) is 2.50. The summed E-state index contributed by atoms with van der Waals surface area (Å²) in [6.07, 6.45) is 3.55. The first-order chi connectivity index (χ1) is 14.4. The third kappa shape index (κ3) is 3.35. The number of Topliss-reactive ketones (excluding diaryl/α,β-unsaturated/α-hetero) is 1. The van der Waals surface area contributed by atoms with Gasteiger partial charge >= 0.3 is 0 Å². The van der Waals surface area contributed by atoms with E-state index in [-0.39, 0.29) is 5.78 Å². The lowest BCUT2D eigenvalue weighted by Gasteiger charge is -2.34. The molecule has 2 aromatic rings. The number of fused-ring (bicyclic) bond motifs is 3. The van der Waals surface area contributed by atoms with Crippen LogP contribution in [-0.2, 0) is 10.2 Å². The van der Waals surface area contributed by atoms with Crippen molar-refractivity contribution < 1.29 is 18.7 Å². The van der Waals surface area contributed by atoms with E-state index in [1.54, 1.807) is 7.11 Å². The third-order valence-corrected chi connectivity index (χ3v) is 6.48. The molecule has 0 saturated heterocycles. The number of hydrogen-bond donors (Lipinski definition) is 0. The maximum absolute atomic E-state index is 13.4. The Morgan fingerprint density at radius 1 is 1.17 bits per heavy atom. The molecule has 1 heterocycles. The van der Waals surface area contributed by atoms with Gasteiger partial charge in [-0.05, 0) is 57.1 Å². The number of benzene rings is 1. The van der Waals surface area contributed by atoms with Crippen LogP contribution in [-0.4, -0.2) is 44.0 Å². The van der Waals surface area contributed by atoms with E-state index >= 15 is 0 Å². The quantitative estimate of drug-likeness (QED) is 0.625. The van der Waals surface area contributed by atoms with Crippen LogP contribution in [0.3, 0.4) is 0 Å². The maximum Gasteiger partial charge on any atom is 0.193 e. The smallest absolute Gasteiger partial charge is 0.193 e. The van der Waals surface area contributed by atoms with Gasteiger partial charge in [-0.2, -0.15) is 0 Å². The van der Waals surface area contributed by atoms with Gasteiger partial charge in [0.25, 0.3) is 0 Å². The largest absolute Gasteiger partial charge is 0.497 e. The van der Waals surface area contributed by atoms with Crippen molar-refractivity contribution in [2.75, 3.05) is 33.4 Å². The molecule has 0 N–H and O–H groups in total. The van der Waals surface area contributed by atoms with Crippen molar-refractivity contribution in [3.63, 3.8) is 0 Å². The van der Waals surface area contributed by atoms with E-state index in [0.29, 0.717) is 24.2 Å². The van der Waals surface area contributed by atoms with E-state index in [1.165, 1.54) is 0 Å². The van der Waals surface area contributed by atoms with Crippen molar-refractivity contribution in [3.8, 4) is 5.75 Å². The molecular formula is C25H31NO4. The molecule has 0 atom stereocenters. The van der Waals surface area contributed by atoms with Crippen LogP contribution in [0.25, 0.3) is 11.0 Å². The molecule has 5 heteroatoms. The van der Waals surface area contributed by atoms with Crippen molar-refractivity contribution >= 4 is 16.8 Å². The molecule has 1 aromatic carbocycles. The van der Waals surface area contributed by atoms with E-state index in [4.69, 9.17) is 13.9 Å². The summed E-state index contributed by atoms with van der Waals surface area (Å²) in [4.78, 5) is 15.8. The Morgan fingerprint density at radius 3 is 2.63 bits per heavy atom. The predicted octanol–water partition coefficient (Wildman–Crippen LogP) is 5.25. The lowest BCUT2D eigenvalue weighted by Crippen LogP contribution is -2.31. The highest BCUT2D eigenvalue weighted by Crippen LogP contribution is 2.48. The molecule has 2 aliphatic carbocycles. The SMILES string of the molecule is CCN(CC)CCOC1=CC2=C(CC1)C(=O)c1c(oc3cc(OC)ccc13)C2(C)C. The topological polar surface area (TPSA) is 51.9 Å². The van der Waals surface area contributed by atoms with Gasteiger partial charge in [-0.25, -0.2) is 0 Å². The van der Waals surface area contributed by atoms with Crippen molar-refractivity contribution in [2.24, 2.45) is 0 Å². The van der Waals surface area contributed by atoms with Crippen molar-refractivity contribution in [1.29, 1.82) is 0 Å². The zero-order valence-electron chi connectivity index (χ0n) is 18.6.